The van der Waals surface area contributed by atoms with E-state index in [1.807, 2.05) is 29.2 Å². The van der Waals surface area contributed by atoms with E-state index >= 15 is 0 Å². The van der Waals surface area contributed by atoms with Crippen LogP contribution in [0, 0.1) is 11.8 Å². The number of rotatable bonds is 6. The number of hydrogen-bond acceptors (Lipinski definition) is 3. The van der Waals surface area contributed by atoms with Crippen LogP contribution in [0.3, 0.4) is 0 Å². The summed E-state index contributed by atoms with van der Waals surface area (Å²) in [6, 6.07) is 15.3. The van der Waals surface area contributed by atoms with Crippen molar-refractivity contribution in [3.05, 3.63) is 65.2 Å². The number of benzene rings is 2. The molecule has 0 unspecified atom stereocenters. The molecule has 0 bridgehead atoms. The molecule has 0 spiro atoms. The summed E-state index contributed by atoms with van der Waals surface area (Å²) in [7, 11) is 0. The van der Waals surface area contributed by atoms with Gasteiger partial charge in [0.2, 0.25) is 5.91 Å². The van der Waals surface area contributed by atoms with Gasteiger partial charge in [-0.15, -0.1) is 0 Å². The van der Waals surface area contributed by atoms with Gasteiger partial charge in [0.1, 0.15) is 0 Å². The van der Waals surface area contributed by atoms with Crippen LogP contribution in [0.15, 0.2) is 48.5 Å². The zero-order valence-corrected chi connectivity index (χ0v) is 19.0. The number of carbonyl (C=O) groups excluding carboxylic acids is 3. The number of likely N-dealkylation sites (tertiary alicyclic amines) is 1. The second-order valence-electron chi connectivity index (χ2n) is 9.42. The average molecular weight is 433 g/mol. The third kappa shape index (κ3) is 4.93. The van der Waals surface area contributed by atoms with E-state index in [4.69, 9.17) is 0 Å². The quantitative estimate of drug-likeness (QED) is 0.619. The fraction of sp³-hybridized carbons (Fsp3) is 0.444. The molecule has 2 aromatic rings. The molecule has 0 N–H and O–H groups in total. The van der Waals surface area contributed by atoms with Crippen LogP contribution in [0.2, 0.25) is 0 Å². The summed E-state index contributed by atoms with van der Waals surface area (Å²) >= 11 is 0. The monoisotopic (exact) mass is 432 g/mol. The summed E-state index contributed by atoms with van der Waals surface area (Å²) in [6.45, 7) is 6.31. The van der Waals surface area contributed by atoms with Gasteiger partial charge in [0.05, 0.1) is 0 Å². The molecule has 0 aromatic heterocycles. The molecule has 2 heterocycles. The Morgan fingerprint density at radius 1 is 0.906 bits per heavy atom. The van der Waals surface area contributed by atoms with E-state index < -0.39 is 0 Å². The van der Waals surface area contributed by atoms with E-state index in [1.54, 1.807) is 17.0 Å². The van der Waals surface area contributed by atoms with Crippen LogP contribution < -0.4 is 4.90 Å². The van der Waals surface area contributed by atoms with Crippen LogP contribution in [-0.2, 0) is 11.2 Å². The van der Waals surface area contributed by atoms with Gasteiger partial charge in [-0.25, -0.2) is 0 Å². The highest BCUT2D eigenvalue weighted by molar-refractivity contribution is 5.99. The van der Waals surface area contributed by atoms with Crippen molar-refractivity contribution in [3.8, 4) is 0 Å². The number of anilines is 1. The lowest BCUT2D eigenvalue weighted by Crippen LogP contribution is -2.40. The number of piperidine rings is 1. The Bertz CT molecular complexity index is 971. The summed E-state index contributed by atoms with van der Waals surface area (Å²) in [6.07, 6.45) is 3.88. The number of Topliss-reactive ketones (excluding diaryl/α,β-unsaturated/α-hetero) is 1. The molecule has 2 amide bonds. The molecule has 0 radical (unpaired) electrons. The van der Waals surface area contributed by atoms with Crippen molar-refractivity contribution in [2.45, 2.75) is 46.0 Å². The Hall–Kier alpha value is -2.95. The molecule has 4 rings (SSSR count). The molecular weight excluding hydrogens is 400 g/mol. The van der Waals surface area contributed by atoms with Gasteiger partial charge in [-0.2, -0.15) is 0 Å². The maximum atomic E-state index is 12.9. The third-order valence-electron chi connectivity index (χ3n) is 6.53. The molecule has 2 aromatic carbocycles. The molecule has 0 atom stereocenters. The van der Waals surface area contributed by atoms with Crippen molar-refractivity contribution in [2.24, 2.45) is 11.8 Å². The van der Waals surface area contributed by atoms with Crippen LogP contribution in [0.5, 0.6) is 0 Å². The maximum Gasteiger partial charge on any atom is 0.253 e. The zero-order chi connectivity index (χ0) is 22.7. The molecule has 5 nitrogen and oxygen atoms in total. The molecule has 0 aliphatic carbocycles. The normalized spacial score (nSPS) is 17.3. The number of nitrogens with zero attached hydrogens (tertiary/aromatic N) is 2. The van der Waals surface area contributed by atoms with Crippen LogP contribution in [0.4, 0.5) is 5.69 Å². The minimum Gasteiger partial charge on any atom is -0.339 e. The third-order valence-corrected chi connectivity index (χ3v) is 6.53. The lowest BCUT2D eigenvalue weighted by molar-refractivity contribution is -0.117. The fourth-order valence-electron chi connectivity index (χ4n) is 4.74. The Morgan fingerprint density at radius 2 is 1.53 bits per heavy atom. The van der Waals surface area contributed by atoms with Crippen LogP contribution in [-0.4, -0.2) is 42.1 Å². The highest BCUT2D eigenvalue weighted by atomic mass is 16.2. The smallest absolute Gasteiger partial charge is 0.253 e. The minimum atomic E-state index is -0.0291. The average Bonchev–Trinajstić information content (AvgIpc) is 3.24. The number of carbonyl (C=O) groups is 3. The van der Waals surface area contributed by atoms with Gasteiger partial charge in [0.15, 0.2) is 5.78 Å². The standard InChI is InChI=1S/C27H32N2O3/c1-19(2)18-20-5-7-21(8-6-20)26(31)22-13-16-28(17-14-22)27(32)23-9-11-24(12-10-23)29-15-3-4-25(29)30/h5-12,19,22H,3-4,13-18H2,1-2H3. The summed E-state index contributed by atoms with van der Waals surface area (Å²) in [4.78, 5) is 41.4. The zero-order valence-electron chi connectivity index (χ0n) is 19.0. The first-order chi connectivity index (χ1) is 15.4. The molecule has 2 aliphatic rings. The van der Waals surface area contributed by atoms with Crippen LogP contribution in [0.1, 0.15) is 65.8 Å². The lowest BCUT2D eigenvalue weighted by Gasteiger charge is -2.31. The van der Waals surface area contributed by atoms with E-state index in [9.17, 15) is 14.4 Å². The van der Waals surface area contributed by atoms with Gasteiger partial charge in [0.25, 0.3) is 5.91 Å². The number of hydrogen-bond donors (Lipinski definition) is 0. The number of ketones is 1. The lowest BCUT2D eigenvalue weighted by atomic mass is 9.88. The molecular formula is C27H32N2O3. The molecule has 2 fully saturated rings. The van der Waals surface area contributed by atoms with Gasteiger partial charge in [-0.05, 0) is 61.4 Å². The molecule has 2 aliphatic heterocycles. The second-order valence-corrected chi connectivity index (χ2v) is 9.42. The van der Waals surface area contributed by atoms with E-state index in [0.717, 1.165) is 30.6 Å². The Kier molecular flexibility index (Phi) is 6.73. The van der Waals surface area contributed by atoms with E-state index in [0.29, 0.717) is 43.8 Å². The van der Waals surface area contributed by atoms with Crippen molar-refractivity contribution < 1.29 is 14.4 Å². The van der Waals surface area contributed by atoms with Crippen molar-refractivity contribution in [1.82, 2.24) is 4.90 Å². The SMILES string of the molecule is CC(C)Cc1ccc(C(=O)C2CCN(C(=O)c3ccc(N4CCCC4=O)cc3)CC2)cc1. The van der Waals surface area contributed by atoms with Crippen molar-refractivity contribution in [3.63, 3.8) is 0 Å². The predicted molar refractivity (Wildman–Crippen MR) is 126 cm³/mol. The van der Waals surface area contributed by atoms with E-state index in [-0.39, 0.29) is 23.5 Å². The summed E-state index contributed by atoms with van der Waals surface area (Å²) in [5, 5.41) is 0. The molecule has 5 heteroatoms. The molecule has 168 valence electrons. The Labute approximate surface area is 190 Å². The maximum absolute atomic E-state index is 12.9. The van der Waals surface area contributed by atoms with Crippen molar-refractivity contribution in [2.75, 3.05) is 24.5 Å². The first kappa shape index (κ1) is 22.3. The fourth-order valence-corrected chi connectivity index (χ4v) is 4.74. The Morgan fingerprint density at radius 3 is 2.09 bits per heavy atom. The summed E-state index contributed by atoms with van der Waals surface area (Å²) in [5.74, 6) is 0.891. The van der Waals surface area contributed by atoms with E-state index in [1.165, 1.54) is 5.56 Å². The van der Waals surface area contributed by atoms with Gasteiger partial charge in [-0.1, -0.05) is 38.1 Å². The topological polar surface area (TPSA) is 57.7 Å². The van der Waals surface area contributed by atoms with Crippen molar-refractivity contribution >= 4 is 23.3 Å². The molecule has 32 heavy (non-hydrogen) atoms. The first-order valence-electron chi connectivity index (χ1n) is 11.7. The predicted octanol–water partition coefficient (Wildman–Crippen LogP) is 4.75. The van der Waals surface area contributed by atoms with Crippen LogP contribution >= 0.6 is 0 Å². The minimum absolute atomic E-state index is 0.00626. The summed E-state index contributed by atoms with van der Waals surface area (Å²) < 4.78 is 0. The largest absolute Gasteiger partial charge is 0.339 e. The molecule has 0 saturated carbocycles. The molecule has 2 saturated heterocycles. The number of amides is 2. The second kappa shape index (κ2) is 9.68. The highest BCUT2D eigenvalue weighted by Gasteiger charge is 2.29. The van der Waals surface area contributed by atoms with Crippen molar-refractivity contribution in [1.29, 1.82) is 0 Å². The first-order valence-corrected chi connectivity index (χ1v) is 11.7. The highest BCUT2D eigenvalue weighted by Crippen LogP contribution is 2.25. The summed E-state index contributed by atoms with van der Waals surface area (Å²) in [5.41, 5.74) is 3.52. The van der Waals surface area contributed by atoms with Gasteiger partial charge >= 0.3 is 0 Å². The van der Waals surface area contributed by atoms with E-state index in [2.05, 4.69) is 26.0 Å². The Balaban J connectivity index is 1.32. The van der Waals surface area contributed by atoms with Gasteiger partial charge in [0, 0.05) is 48.8 Å². The van der Waals surface area contributed by atoms with Gasteiger partial charge in [-0.3, -0.25) is 14.4 Å². The van der Waals surface area contributed by atoms with Crippen LogP contribution in [0.25, 0.3) is 0 Å². The van der Waals surface area contributed by atoms with Gasteiger partial charge < -0.3 is 9.80 Å².